The monoisotopic (exact) mass is 319 g/mol. The van der Waals surface area contributed by atoms with Crippen LogP contribution in [0.5, 0.6) is 5.75 Å². The molecule has 20 heavy (non-hydrogen) atoms. The lowest BCUT2D eigenvalue weighted by molar-refractivity contribution is 0.0746. The minimum atomic E-state index is -3.42. The summed E-state index contributed by atoms with van der Waals surface area (Å²) in [4.78, 5) is 13.6. The number of phenolic OH excluding ortho intramolecular Hbond substituents is 1. The van der Waals surface area contributed by atoms with Gasteiger partial charge in [-0.05, 0) is 12.1 Å². The van der Waals surface area contributed by atoms with Gasteiger partial charge in [0.05, 0.1) is 5.56 Å². The van der Waals surface area contributed by atoms with Gasteiger partial charge in [-0.1, -0.05) is 0 Å². The van der Waals surface area contributed by atoms with E-state index in [1.807, 2.05) is 0 Å². The van der Waals surface area contributed by atoms with Crippen molar-refractivity contribution in [1.82, 2.24) is 4.90 Å². The maximum Gasteiger partial charge on any atom is 0.258 e. The van der Waals surface area contributed by atoms with Gasteiger partial charge >= 0.3 is 0 Å². The van der Waals surface area contributed by atoms with Crippen LogP contribution in [0.25, 0.3) is 0 Å². The number of phenols is 1. The van der Waals surface area contributed by atoms with Crippen molar-refractivity contribution in [2.75, 3.05) is 24.3 Å². The molecule has 0 radical (unpaired) electrons. The summed E-state index contributed by atoms with van der Waals surface area (Å²) in [6.07, 6.45) is 1.08. The molecule has 1 saturated heterocycles. The molecule has 8 heteroatoms. The quantitative estimate of drug-likeness (QED) is 0.883. The summed E-state index contributed by atoms with van der Waals surface area (Å²) in [5, 5.41) is 8.72. The molecule has 0 aliphatic carbocycles. The number of benzene rings is 1. The number of carbonyl (C=O) groups is 1. The molecule has 0 aromatic heterocycles. The van der Waals surface area contributed by atoms with Crippen molar-refractivity contribution in [2.24, 2.45) is 0 Å². The minimum Gasteiger partial charge on any atom is -0.507 e. The summed E-state index contributed by atoms with van der Waals surface area (Å²) in [6.45, 7) is 0.276. The Hall–Kier alpha value is -1.28. The van der Waals surface area contributed by atoms with Crippen LogP contribution in [0.3, 0.4) is 0 Å². The Balaban J connectivity index is 2.35. The number of halogens is 1. The van der Waals surface area contributed by atoms with E-state index in [-0.39, 0.29) is 12.1 Å². The average Bonchev–Trinajstić information content (AvgIpc) is 2.37. The van der Waals surface area contributed by atoms with E-state index < -0.39 is 32.7 Å². The normalized spacial score (nSPS) is 19.9. The smallest absolute Gasteiger partial charge is 0.258 e. The highest BCUT2D eigenvalue weighted by Gasteiger charge is 2.35. The van der Waals surface area contributed by atoms with Gasteiger partial charge in [0.15, 0.2) is 9.84 Å². The molecule has 0 spiro atoms. The first-order chi connectivity index (χ1) is 9.30. The van der Waals surface area contributed by atoms with Gasteiger partial charge in [-0.25, -0.2) is 12.8 Å². The molecule has 1 aromatic rings. The molecule has 5 nitrogen and oxygen atoms in total. The first kappa shape index (κ1) is 15.1. The van der Waals surface area contributed by atoms with Crippen LogP contribution < -0.4 is 0 Å². The van der Waals surface area contributed by atoms with Gasteiger partial charge < -0.3 is 10.0 Å². The van der Waals surface area contributed by atoms with E-state index in [0.717, 1.165) is 24.5 Å². The van der Waals surface area contributed by atoms with E-state index in [1.54, 1.807) is 0 Å². The number of nitrogens with zero attached hydrogens (tertiary/aromatic N) is 1. The first-order valence-electron chi connectivity index (χ1n) is 5.87. The number of aromatic hydroxyl groups is 1. The van der Waals surface area contributed by atoms with Gasteiger partial charge in [0.25, 0.3) is 5.91 Å². The Kier molecular flexibility index (Phi) is 4.24. The van der Waals surface area contributed by atoms with Gasteiger partial charge in [0.2, 0.25) is 0 Å². The summed E-state index contributed by atoms with van der Waals surface area (Å²) >= 11 is 1.46. The number of rotatable bonds is 2. The summed E-state index contributed by atoms with van der Waals surface area (Å²) in [5.41, 5.74) is -0.0908. The van der Waals surface area contributed by atoms with E-state index >= 15 is 0 Å². The minimum absolute atomic E-state index is 0.0908. The van der Waals surface area contributed by atoms with Crippen molar-refractivity contribution >= 4 is 27.5 Å². The third kappa shape index (κ3) is 3.06. The lowest BCUT2D eigenvalue weighted by Crippen LogP contribution is -2.49. The zero-order valence-electron chi connectivity index (χ0n) is 10.7. The fraction of sp³-hybridized carbons (Fsp3) is 0.417. The van der Waals surface area contributed by atoms with Crippen LogP contribution in [0.15, 0.2) is 18.2 Å². The predicted molar refractivity (Wildman–Crippen MR) is 75.1 cm³/mol. The van der Waals surface area contributed by atoms with Crippen LogP contribution in [0.4, 0.5) is 4.39 Å². The third-order valence-electron chi connectivity index (χ3n) is 3.03. The van der Waals surface area contributed by atoms with Crippen molar-refractivity contribution in [3.05, 3.63) is 29.6 Å². The van der Waals surface area contributed by atoms with E-state index in [2.05, 4.69) is 0 Å². The van der Waals surface area contributed by atoms with E-state index in [9.17, 15) is 22.7 Å². The van der Waals surface area contributed by atoms with Crippen LogP contribution >= 0.6 is 11.8 Å². The Labute approximate surface area is 120 Å². The van der Waals surface area contributed by atoms with Crippen LogP contribution in [0, 0.1) is 5.82 Å². The Morgan fingerprint density at radius 1 is 1.50 bits per heavy atom. The number of amides is 1. The van der Waals surface area contributed by atoms with Crippen molar-refractivity contribution in [2.45, 2.75) is 5.37 Å². The molecule has 1 aliphatic heterocycles. The highest BCUT2D eigenvalue weighted by Crippen LogP contribution is 2.26. The number of hydrogen-bond acceptors (Lipinski definition) is 5. The van der Waals surface area contributed by atoms with Crippen molar-refractivity contribution in [3.63, 3.8) is 0 Å². The highest BCUT2D eigenvalue weighted by molar-refractivity contribution is 8.00. The fourth-order valence-corrected chi connectivity index (χ4v) is 4.82. The first-order valence-corrected chi connectivity index (χ1v) is 8.97. The molecule has 1 amide bonds. The standard InChI is InChI=1S/C12H14FNO4S2/c1-20(17,18)11-7-19-5-4-14(11)12(16)9-3-2-8(13)6-10(9)15/h2-3,6,11,15H,4-5,7H2,1H3. The second-order valence-corrected chi connectivity index (χ2v) is 7.87. The number of thioether (sulfide) groups is 1. The maximum atomic E-state index is 12.9. The lowest BCUT2D eigenvalue weighted by atomic mass is 10.1. The molecule has 1 atom stereocenters. The third-order valence-corrected chi connectivity index (χ3v) is 5.67. The van der Waals surface area contributed by atoms with E-state index in [1.165, 1.54) is 16.7 Å². The molecule has 110 valence electrons. The van der Waals surface area contributed by atoms with Gasteiger partial charge in [-0.2, -0.15) is 11.8 Å². The average molecular weight is 319 g/mol. The molecular weight excluding hydrogens is 305 g/mol. The van der Waals surface area contributed by atoms with Crippen LogP contribution in [-0.4, -0.2) is 54.0 Å². The van der Waals surface area contributed by atoms with Gasteiger partial charge in [-0.15, -0.1) is 0 Å². The van der Waals surface area contributed by atoms with Crippen molar-refractivity contribution in [1.29, 1.82) is 0 Å². The van der Waals surface area contributed by atoms with E-state index in [4.69, 9.17) is 0 Å². The molecule has 1 aliphatic rings. The summed E-state index contributed by atoms with van der Waals surface area (Å²) < 4.78 is 36.4. The molecule has 1 N–H and O–H groups in total. The Morgan fingerprint density at radius 3 is 2.80 bits per heavy atom. The van der Waals surface area contributed by atoms with Crippen molar-refractivity contribution in [3.8, 4) is 5.75 Å². The number of hydrogen-bond donors (Lipinski definition) is 1. The largest absolute Gasteiger partial charge is 0.507 e. The predicted octanol–water partition coefficient (Wildman–Crippen LogP) is 1.09. The molecule has 1 heterocycles. The maximum absolute atomic E-state index is 12.9. The van der Waals surface area contributed by atoms with Crippen LogP contribution in [0.2, 0.25) is 0 Å². The van der Waals surface area contributed by atoms with E-state index in [0.29, 0.717) is 11.5 Å². The van der Waals surface area contributed by atoms with Crippen LogP contribution in [0.1, 0.15) is 10.4 Å². The Morgan fingerprint density at radius 2 is 2.20 bits per heavy atom. The molecule has 0 bridgehead atoms. The summed E-state index contributed by atoms with van der Waals surface area (Å²) in [6, 6.07) is 3.05. The molecule has 2 rings (SSSR count). The zero-order chi connectivity index (χ0) is 14.9. The zero-order valence-corrected chi connectivity index (χ0v) is 12.4. The molecule has 1 aromatic carbocycles. The van der Waals surface area contributed by atoms with Crippen molar-refractivity contribution < 1.29 is 22.7 Å². The van der Waals surface area contributed by atoms with Crippen LogP contribution in [-0.2, 0) is 9.84 Å². The molecule has 1 fully saturated rings. The number of carbonyl (C=O) groups excluding carboxylic acids is 1. The van der Waals surface area contributed by atoms with Gasteiger partial charge in [0, 0.05) is 30.4 Å². The lowest BCUT2D eigenvalue weighted by Gasteiger charge is -2.34. The topological polar surface area (TPSA) is 74.7 Å². The van der Waals surface area contributed by atoms with Gasteiger partial charge in [0.1, 0.15) is 16.9 Å². The second kappa shape index (κ2) is 5.61. The number of sulfone groups is 1. The van der Waals surface area contributed by atoms with Gasteiger partial charge in [-0.3, -0.25) is 4.79 Å². The SMILES string of the molecule is CS(=O)(=O)C1CSCCN1C(=O)c1ccc(F)cc1O. The summed E-state index contributed by atoms with van der Waals surface area (Å²) in [5.74, 6) is -0.821. The molecular formula is C12H14FNO4S2. The highest BCUT2D eigenvalue weighted by atomic mass is 32.2. The summed E-state index contributed by atoms with van der Waals surface area (Å²) in [7, 11) is -3.42. The molecule has 0 saturated carbocycles. The second-order valence-electron chi connectivity index (χ2n) is 4.52. The molecule has 1 unspecified atom stereocenters. The Bertz CT molecular complexity index is 632. The fourth-order valence-electron chi connectivity index (χ4n) is 2.01.